The number of furan rings is 1. The van der Waals surface area contributed by atoms with Gasteiger partial charge in [0.05, 0.1) is 11.8 Å². The van der Waals surface area contributed by atoms with Gasteiger partial charge in [-0.05, 0) is 6.92 Å². The first-order chi connectivity index (χ1) is 5.20. The van der Waals surface area contributed by atoms with E-state index in [9.17, 15) is 4.79 Å². The smallest absolute Gasteiger partial charge is 0.257 e. The summed E-state index contributed by atoms with van der Waals surface area (Å²) in [5.74, 6) is 0.806. The molecule has 1 aromatic rings. The normalized spacial score (nSPS) is 15.8. The fourth-order valence-electron chi connectivity index (χ4n) is 1.43. The third-order valence-electron chi connectivity index (χ3n) is 2.02. The van der Waals surface area contributed by atoms with Crippen LogP contribution in [0, 0.1) is 6.92 Å². The zero-order valence-electron chi connectivity index (χ0n) is 6.55. The van der Waals surface area contributed by atoms with Crippen LogP contribution in [-0.4, -0.2) is 17.9 Å². The van der Waals surface area contributed by atoms with E-state index in [4.69, 9.17) is 4.42 Å². The van der Waals surface area contributed by atoms with Gasteiger partial charge in [0, 0.05) is 19.2 Å². The number of aryl methyl sites for hydroxylation is 1. The van der Waals surface area contributed by atoms with Crippen LogP contribution in [0.2, 0.25) is 0 Å². The van der Waals surface area contributed by atoms with Gasteiger partial charge in [-0.25, -0.2) is 0 Å². The van der Waals surface area contributed by atoms with E-state index in [2.05, 4.69) is 0 Å². The summed E-state index contributed by atoms with van der Waals surface area (Å²) in [5, 5.41) is 0. The lowest BCUT2D eigenvalue weighted by atomic mass is 10.2. The van der Waals surface area contributed by atoms with Gasteiger partial charge in [-0.15, -0.1) is 0 Å². The standard InChI is InChI=1S/C8H9NO2/c1-5-7-6(4-11-5)3-9(2)8(7)10/h4H,3H2,1-2H3. The molecule has 1 amide bonds. The van der Waals surface area contributed by atoms with Crippen LogP contribution in [0.1, 0.15) is 21.7 Å². The minimum Gasteiger partial charge on any atom is -0.468 e. The van der Waals surface area contributed by atoms with E-state index in [1.807, 2.05) is 6.92 Å². The lowest BCUT2D eigenvalue weighted by molar-refractivity contribution is 0.0812. The molecule has 2 rings (SSSR count). The summed E-state index contributed by atoms with van der Waals surface area (Å²) in [4.78, 5) is 13.0. The Hall–Kier alpha value is -1.25. The average molecular weight is 151 g/mol. The number of fused-ring (bicyclic) bond motifs is 1. The van der Waals surface area contributed by atoms with Crippen molar-refractivity contribution in [3.63, 3.8) is 0 Å². The topological polar surface area (TPSA) is 33.5 Å². The zero-order valence-corrected chi connectivity index (χ0v) is 6.55. The van der Waals surface area contributed by atoms with Gasteiger partial charge in [-0.1, -0.05) is 0 Å². The molecule has 2 heterocycles. The van der Waals surface area contributed by atoms with E-state index < -0.39 is 0 Å². The van der Waals surface area contributed by atoms with Crippen molar-refractivity contribution in [2.75, 3.05) is 7.05 Å². The molecule has 0 saturated carbocycles. The van der Waals surface area contributed by atoms with Gasteiger partial charge in [-0.3, -0.25) is 4.79 Å². The van der Waals surface area contributed by atoms with Gasteiger partial charge in [0.15, 0.2) is 0 Å². The molecule has 3 nitrogen and oxygen atoms in total. The molecule has 1 aromatic heterocycles. The minimum absolute atomic E-state index is 0.0752. The van der Waals surface area contributed by atoms with Gasteiger partial charge in [0.25, 0.3) is 5.91 Å². The molecule has 0 bridgehead atoms. The number of hydrogen-bond donors (Lipinski definition) is 0. The van der Waals surface area contributed by atoms with Crippen LogP contribution in [0.25, 0.3) is 0 Å². The van der Waals surface area contributed by atoms with E-state index in [1.54, 1.807) is 18.2 Å². The van der Waals surface area contributed by atoms with Gasteiger partial charge in [0.1, 0.15) is 5.76 Å². The van der Waals surface area contributed by atoms with Crippen molar-refractivity contribution < 1.29 is 9.21 Å². The molecule has 11 heavy (non-hydrogen) atoms. The maximum atomic E-state index is 11.3. The molecule has 1 aliphatic rings. The Morgan fingerprint density at radius 1 is 1.64 bits per heavy atom. The van der Waals surface area contributed by atoms with Gasteiger partial charge in [-0.2, -0.15) is 0 Å². The van der Waals surface area contributed by atoms with Crippen molar-refractivity contribution in [3.05, 3.63) is 23.2 Å². The summed E-state index contributed by atoms with van der Waals surface area (Å²) in [6.07, 6.45) is 1.66. The Bertz CT molecular complexity index is 314. The van der Waals surface area contributed by atoms with Crippen molar-refractivity contribution in [3.8, 4) is 0 Å². The number of carbonyl (C=O) groups excluding carboxylic acids is 1. The first kappa shape index (κ1) is 6.46. The van der Waals surface area contributed by atoms with Crippen molar-refractivity contribution in [2.45, 2.75) is 13.5 Å². The summed E-state index contributed by atoms with van der Waals surface area (Å²) < 4.78 is 5.11. The Balaban J connectivity index is 2.58. The average Bonchev–Trinajstić information content (AvgIpc) is 2.41. The summed E-state index contributed by atoms with van der Waals surface area (Å²) in [6, 6.07) is 0. The quantitative estimate of drug-likeness (QED) is 0.557. The zero-order chi connectivity index (χ0) is 8.01. The number of carbonyl (C=O) groups is 1. The first-order valence-corrected chi connectivity index (χ1v) is 3.52. The second-order valence-corrected chi connectivity index (χ2v) is 2.85. The van der Waals surface area contributed by atoms with Crippen molar-refractivity contribution >= 4 is 5.91 Å². The maximum absolute atomic E-state index is 11.3. The van der Waals surface area contributed by atoms with Crippen LogP contribution in [-0.2, 0) is 6.54 Å². The third kappa shape index (κ3) is 0.707. The number of amides is 1. The highest BCUT2D eigenvalue weighted by Crippen LogP contribution is 2.25. The molecule has 0 spiro atoms. The summed E-state index contributed by atoms with van der Waals surface area (Å²) in [7, 11) is 1.79. The lowest BCUT2D eigenvalue weighted by Crippen LogP contribution is -2.18. The molecule has 0 aromatic carbocycles. The first-order valence-electron chi connectivity index (χ1n) is 3.52. The molecule has 3 heteroatoms. The lowest BCUT2D eigenvalue weighted by Gasteiger charge is -2.05. The molecule has 0 radical (unpaired) electrons. The Morgan fingerprint density at radius 2 is 2.36 bits per heavy atom. The summed E-state index contributed by atoms with van der Waals surface area (Å²) in [6.45, 7) is 2.50. The number of hydrogen-bond acceptors (Lipinski definition) is 2. The van der Waals surface area contributed by atoms with Crippen LogP contribution in [0.3, 0.4) is 0 Å². The van der Waals surface area contributed by atoms with Crippen LogP contribution < -0.4 is 0 Å². The van der Waals surface area contributed by atoms with E-state index >= 15 is 0 Å². The van der Waals surface area contributed by atoms with Gasteiger partial charge < -0.3 is 9.32 Å². The molecule has 0 N–H and O–H groups in total. The van der Waals surface area contributed by atoms with E-state index in [0.717, 1.165) is 16.9 Å². The van der Waals surface area contributed by atoms with E-state index in [-0.39, 0.29) is 5.91 Å². The molecule has 0 fully saturated rings. The SMILES string of the molecule is Cc1occ2c1C(=O)N(C)C2. The predicted molar refractivity (Wildman–Crippen MR) is 39.2 cm³/mol. The fourth-order valence-corrected chi connectivity index (χ4v) is 1.43. The third-order valence-corrected chi connectivity index (χ3v) is 2.02. The molecule has 1 aliphatic heterocycles. The molecule has 0 aliphatic carbocycles. The van der Waals surface area contributed by atoms with Crippen LogP contribution >= 0.6 is 0 Å². The Kier molecular flexibility index (Phi) is 1.10. The summed E-state index contributed by atoms with van der Waals surface area (Å²) >= 11 is 0. The van der Waals surface area contributed by atoms with E-state index in [1.165, 1.54) is 0 Å². The van der Waals surface area contributed by atoms with Crippen molar-refractivity contribution in [1.82, 2.24) is 4.90 Å². The largest absolute Gasteiger partial charge is 0.468 e. The molecule has 0 saturated heterocycles. The van der Waals surface area contributed by atoms with Crippen molar-refractivity contribution in [1.29, 1.82) is 0 Å². The van der Waals surface area contributed by atoms with Crippen molar-refractivity contribution in [2.24, 2.45) is 0 Å². The van der Waals surface area contributed by atoms with Gasteiger partial charge in [0.2, 0.25) is 0 Å². The maximum Gasteiger partial charge on any atom is 0.257 e. The fraction of sp³-hybridized carbons (Fsp3) is 0.375. The molecule has 0 unspecified atom stereocenters. The van der Waals surface area contributed by atoms with Crippen LogP contribution in [0.4, 0.5) is 0 Å². The molecule has 0 atom stereocenters. The predicted octanol–water partition coefficient (Wildman–Crippen LogP) is 1.17. The highest BCUT2D eigenvalue weighted by molar-refractivity contribution is 5.98. The monoisotopic (exact) mass is 151 g/mol. The Labute approximate surface area is 64.6 Å². The molecular weight excluding hydrogens is 142 g/mol. The summed E-state index contributed by atoms with van der Waals surface area (Å²) in [5.41, 5.74) is 1.77. The van der Waals surface area contributed by atoms with Crippen LogP contribution in [0.15, 0.2) is 10.7 Å². The van der Waals surface area contributed by atoms with Gasteiger partial charge >= 0.3 is 0 Å². The molecular formula is C8H9NO2. The van der Waals surface area contributed by atoms with Crippen LogP contribution in [0.5, 0.6) is 0 Å². The highest BCUT2D eigenvalue weighted by Gasteiger charge is 2.28. The number of nitrogens with zero attached hydrogens (tertiary/aromatic N) is 1. The second-order valence-electron chi connectivity index (χ2n) is 2.85. The highest BCUT2D eigenvalue weighted by atomic mass is 16.3. The Morgan fingerprint density at radius 3 is 3.00 bits per heavy atom. The van der Waals surface area contributed by atoms with E-state index in [0.29, 0.717) is 6.54 Å². The minimum atomic E-state index is 0.0752. The number of rotatable bonds is 0. The second kappa shape index (κ2) is 1.87. The molecule has 58 valence electrons.